The van der Waals surface area contributed by atoms with E-state index in [-0.39, 0.29) is 16.7 Å². The zero-order valence-electron chi connectivity index (χ0n) is 20.5. The van der Waals surface area contributed by atoms with Crippen molar-refractivity contribution in [3.05, 3.63) is 47.5 Å². The van der Waals surface area contributed by atoms with E-state index in [0.29, 0.717) is 32.6 Å². The van der Waals surface area contributed by atoms with Gasteiger partial charge in [0.1, 0.15) is 11.8 Å². The van der Waals surface area contributed by atoms with E-state index in [1.54, 1.807) is 30.2 Å². The first-order valence-corrected chi connectivity index (χ1v) is 14.0. The summed E-state index contributed by atoms with van der Waals surface area (Å²) in [6.07, 6.45) is 0.427. The Balaban J connectivity index is 1.47. The SMILES string of the molecule is COc1cccc(N2CCN(C(=O)[C@H](CC(C)C)NS(=O)(=O)c3ccc4nc(C)sc4c3)CC2)c1. The molecule has 2 heterocycles. The van der Waals surface area contributed by atoms with Crippen LogP contribution in [0.2, 0.25) is 0 Å². The summed E-state index contributed by atoms with van der Waals surface area (Å²) in [5.41, 5.74) is 1.82. The number of piperazine rings is 1. The zero-order chi connectivity index (χ0) is 25.2. The van der Waals surface area contributed by atoms with E-state index in [1.807, 2.05) is 45.0 Å². The van der Waals surface area contributed by atoms with Crippen LogP contribution in [0, 0.1) is 12.8 Å². The first-order chi connectivity index (χ1) is 16.7. The van der Waals surface area contributed by atoms with Crippen molar-refractivity contribution in [1.82, 2.24) is 14.6 Å². The summed E-state index contributed by atoms with van der Waals surface area (Å²) in [5.74, 6) is 0.762. The van der Waals surface area contributed by atoms with E-state index < -0.39 is 16.1 Å². The highest BCUT2D eigenvalue weighted by Crippen LogP contribution is 2.26. The molecule has 0 radical (unpaired) electrons. The summed E-state index contributed by atoms with van der Waals surface area (Å²) in [7, 11) is -2.23. The number of carbonyl (C=O) groups is 1. The smallest absolute Gasteiger partial charge is 0.241 e. The Morgan fingerprint density at radius 1 is 1.14 bits per heavy atom. The van der Waals surface area contributed by atoms with Crippen molar-refractivity contribution in [1.29, 1.82) is 0 Å². The molecule has 1 saturated heterocycles. The molecule has 1 atom stereocenters. The number of anilines is 1. The van der Waals surface area contributed by atoms with Crippen molar-refractivity contribution in [3.8, 4) is 5.75 Å². The van der Waals surface area contributed by atoms with Crippen LogP contribution in [0.3, 0.4) is 0 Å². The molecule has 1 aliphatic heterocycles. The van der Waals surface area contributed by atoms with Crippen LogP contribution >= 0.6 is 11.3 Å². The minimum absolute atomic E-state index is 0.149. The Labute approximate surface area is 211 Å². The van der Waals surface area contributed by atoms with E-state index in [0.717, 1.165) is 26.7 Å². The molecule has 10 heteroatoms. The first-order valence-electron chi connectivity index (χ1n) is 11.7. The number of hydrogen-bond donors (Lipinski definition) is 1. The molecule has 8 nitrogen and oxygen atoms in total. The van der Waals surface area contributed by atoms with Gasteiger partial charge in [-0.25, -0.2) is 13.4 Å². The van der Waals surface area contributed by atoms with Crippen molar-refractivity contribution < 1.29 is 17.9 Å². The number of amides is 1. The molecule has 1 fully saturated rings. The molecule has 35 heavy (non-hydrogen) atoms. The predicted octanol–water partition coefficient (Wildman–Crippen LogP) is 3.66. The number of carbonyl (C=O) groups excluding carboxylic acids is 1. The molecule has 0 unspecified atom stereocenters. The fourth-order valence-electron chi connectivity index (χ4n) is 4.33. The fraction of sp³-hybridized carbons (Fsp3) is 0.440. The molecular weight excluding hydrogens is 484 g/mol. The van der Waals surface area contributed by atoms with Crippen LogP contribution in [0.15, 0.2) is 47.4 Å². The maximum absolute atomic E-state index is 13.5. The Hall–Kier alpha value is -2.69. The third-order valence-electron chi connectivity index (χ3n) is 6.09. The first kappa shape index (κ1) is 25.4. The zero-order valence-corrected chi connectivity index (χ0v) is 22.2. The van der Waals surface area contributed by atoms with Crippen molar-refractivity contribution in [2.45, 2.75) is 38.1 Å². The van der Waals surface area contributed by atoms with Gasteiger partial charge < -0.3 is 14.5 Å². The molecule has 188 valence electrons. The molecule has 0 bridgehead atoms. The normalized spacial score (nSPS) is 15.6. The summed E-state index contributed by atoms with van der Waals surface area (Å²) < 4.78 is 35.3. The summed E-state index contributed by atoms with van der Waals surface area (Å²) in [6.45, 7) is 8.26. The summed E-state index contributed by atoms with van der Waals surface area (Å²) in [5, 5.41) is 0.878. The standard InChI is InChI=1S/C25H32N4O4S2/c1-17(2)14-23(27-35(31,32)21-8-9-22-24(16-21)34-18(3)26-22)25(30)29-12-10-28(11-13-29)19-6-5-7-20(15-19)33-4/h5-9,15-17,23,27H,10-14H2,1-4H3/t23-/m0/s1. The van der Waals surface area contributed by atoms with E-state index in [9.17, 15) is 13.2 Å². The quantitative estimate of drug-likeness (QED) is 0.491. The highest BCUT2D eigenvalue weighted by Gasteiger charge is 2.32. The van der Waals surface area contributed by atoms with Crippen LogP contribution in [0.4, 0.5) is 5.69 Å². The molecule has 3 aromatic rings. The molecule has 0 aliphatic carbocycles. The molecule has 0 saturated carbocycles. The topological polar surface area (TPSA) is 91.8 Å². The number of aryl methyl sites for hydroxylation is 1. The second-order valence-corrected chi connectivity index (χ2v) is 12.1. The van der Waals surface area contributed by atoms with E-state index in [4.69, 9.17) is 4.74 Å². The van der Waals surface area contributed by atoms with Crippen molar-refractivity contribution in [3.63, 3.8) is 0 Å². The van der Waals surface area contributed by atoms with Crippen LogP contribution in [0.5, 0.6) is 5.75 Å². The Morgan fingerprint density at radius 3 is 2.57 bits per heavy atom. The summed E-state index contributed by atoms with van der Waals surface area (Å²) >= 11 is 1.45. The minimum Gasteiger partial charge on any atom is -0.497 e. The van der Waals surface area contributed by atoms with Crippen molar-refractivity contribution in [2.75, 3.05) is 38.2 Å². The Bertz CT molecular complexity index is 1300. The number of aromatic nitrogens is 1. The van der Waals surface area contributed by atoms with Crippen LogP contribution in [-0.4, -0.2) is 63.5 Å². The van der Waals surface area contributed by atoms with Gasteiger partial charge in [0.25, 0.3) is 0 Å². The molecule has 2 aromatic carbocycles. The third kappa shape index (κ3) is 5.94. The average molecular weight is 517 g/mol. The largest absolute Gasteiger partial charge is 0.497 e. The second-order valence-electron chi connectivity index (χ2n) is 9.18. The van der Waals surface area contributed by atoms with Gasteiger partial charge in [-0.15, -0.1) is 11.3 Å². The number of rotatable bonds is 8. The lowest BCUT2D eigenvalue weighted by molar-refractivity contribution is -0.133. The van der Waals surface area contributed by atoms with Crippen LogP contribution in [0.1, 0.15) is 25.3 Å². The monoisotopic (exact) mass is 516 g/mol. The Morgan fingerprint density at radius 2 is 1.89 bits per heavy atom. The molecule has 1 amide bonds. The molecule has 1 aliphatic rings. The van der Waals surface area contributed by atoms with Gasteiger partial charge in [0.2, 0.25) is 15.9 Å². The third-order valence-corrected chi connectivity index (χ3v) is 8.49. The lowest BCUT2D eigenvalue weighted by atomic mass is 10.0. The number of methoxy groups -OCH3 is 1. The minimum atomic E-state index is -3.88. The van der Waals surface area contributed by atoms with Crippen LogP contribution in [-0.2, 0) is 14.8 Å². The van der Waals surface area contributed by atoms with Gasteiger partial charge in [0.05, 0.1) is 27.2 Å². The van der Waals surface area contributed by atoms with Gasteiger partial charge >= 0.3 is 0 Å². The van der Waals surface area contributed by atoms with E-state index >= 15 is 0 Å². The number of benzene rings is 2. The van der Waals surface area contributed by atoms with Gasteiger partial charge in [-0.2, -0.15) is 4.72 Å². The highest BCUT2D eigenvalue weighted by atomic mass is 32.2. The molecule has 0 spiro atoms. The number of thiazole rings is 1. The van der Waals surface area contributed by atoms with E-state index in [1.165, 1.54) is 11.3 Å². The maximum Gasteiger partial charge on any atom is 0.241 e. The number of sulfonamides is 1. The van der Waals surface area contributed by atoms with Crippen LogP contribution < -0.4 is 14.4 Å². The Kier molecular flexibility index (Phi) is 7.63. The number of hydrogen-bond acceptors (Lipinski definition) is 7. The maximum atomic E-state index is 13.5. The number of nitrogens with one attached hydrogen (secondary N) is 1. The lowest BCUT2D eigenvalue weighted by Gasteiger charge is -2.38. The number of nitrogens with zero attached hydrogens (tertiary/aromatic N) is 3. The van der Waals surface area contributed by atoms with Gasteiger partial charge in [0, 0.05) is 37.9 Å². The summed E-state index contributed by atoms with van der Waals surface area (Å²) in [6, 6.07) is 11.9. The van der Waals surface area contributed by atoms with Gasteiger partial charge in [-0.3, -0.25) is 4.79 Å². The average Bonchev–Trinajstić information content (AvgIpc) is 3.22. The van der Waals surface area contributed by atoms with Gasteiger partial charge in [0.15, 0.2) is 0 Å². The number of ether oxygens (including phenoxy) is 1. The highest BCUT2D eigenvalue weighted by molar-refractivity contribution is 7.89. The lowest BCUT2D eigenvalue weighted by Crippen LogP contribution is -2.55. The molecule has 1 N–H and O–H groups in total. The van der Waals surface area contributed by atoms with Gasteiger partial charge in [-0.05, 0) is 49.6 Å². The van der Waals surface area contributed by atoms with Gasteiger partial charge in [-0.1, -0.05) is 19.9 Å². The predicted molar refractivity (Wildman–Crippen MR) is 140 cm³/mol. The fourth-order valence-corrected chi connectivity index (χ4v) is 6.49. The van der Waals surface area contributed by atoms with Crippen molar-refractivity contribution in [2.24, 2.45) is 5.92 Å². The summed E-state index contributed by atoms with van der Waals surface area (Å²) in [4.78, 5) is 22.0. The van der Waals surface area contributed by atoms with Crippen molar-refractivity contribution >= 4 is 43.2 Å². The van der Waals surface area contributed by atoms with E-state index in [2.05, 4.69) is 14.6 Å². The molecule has 1 aromatic heterocycles. The van der Waals surface area contributed by atoms with Crippen LogP contribution in [0.25, 0.3) is 10.2 Å². The molecular formula is C25H32N4O4S2. The molecule has 4 rings (SSSR count). The second kappa shape index (κ2) is 10.5. The number of fused-ring (bicyclic) bond motifs is 1.